The maximum atomic E-state index is 10.8. The minimum Gasteiger partial charge on any atom is -0.403 e. The second-order valence-electron chi connectivity index (χ2n) is 2.46. The first kappa shape index (κ1) is 8.21. The number of oxazole rings is 1. The van der Waals surface area contributed by atoms with Gasteiger partial charge in [0.2, 0.25) is 5.58 Å². The molecule has 6 heteroatoms. The van der Waals surface area contributed by atoms with Crippen molar-refractivity contribution in [2.24, 2.45) is 0 Å². The number of para-hydroxylation sites is 2. The SMILES string of the molecule is O=S(=O)(O)[n+]1coc2ccccc21. The number of rotatable bonds is 1. The van der Waals surface area contributed by atoms with Gasteiger partial charge < -0.3 is 4.42 Å². The molecule has 0 amide bonds. The molecule has 2 rings (SSSR count). The predicted octanol–water partition coefficient (Wildman–Crippen LogP) is 0.371. The summed E-state index contributed by atoms with van der Waals surface area (Å²) in [6.07, 6.45) is 0.944. The Bertz CT molecular complexity index is 542. The Morgan fingerprint density at radius 2 is 2.00 bits per heavy atom. The molecule has 1 aromatic carbocycles. The van der Waals surface area contributed by atoms with E-state index in [0.29, 0.717) is 15.1 Å². The van der Waals surface area contributed by atoms with E-state index >= 15 is 0 Å². The fourth-order valence-corrected chi connectivity index (χ4v) is 1.63. The monoisotopic (exact) mass is 200 g/mol. The summed E-state index contributed by atoms with van der Waals surface area (Å²) in [5, 5.41) is 0. The van der Waals surface area contributed by atoms with Crippen molar-refractivity contribution < 1.29 is 21.4 Å². The molecule has 1 heterocycles. The molecular weight excluding hydrogens is 194 g/mol. The lowest BCUT2D eigenvalue weighted by Crippen LogP contribution is -2.40. The number of benzene rings is 1. The molecule has 0 bridgehead atoms. The van der Waals surface area contributed by atoms with Crippen LogP contribution in [0.3, 0.4) is 0 Å². The molecule has 0 saturated heterocycles. The van der Waals surface area contributed by atoms with Gasteiger partial charge in [-0.1, -0.05) is 12.1 Å². The summed E-state index contributed by atoms with van der Waals surface area (Å²) in [6, 6.07) is 6.50. The molecule has 0 unspecified atom stereocenters. The van der Waals surface area contributed by atoms with E-state index in [1.165, 1.54) is 6.07 Å². The highest BCUT2D eigenvalue weighted by atomic mass is 32.2. The Hall–Kier alpha value is -1.40. The van der Waals surface area contributed by atoms with Crippen LogP contribution in [-0.2, 0) is 10.3 Å². The maximum absolute atomic E-state index is 10.8. The normalized spacial score (nSPS) is 12.1. The van der Waals surface area contributed by atoms with Crippen LogP contribution in [0.2, 0.25) is 0 Å². The van der Waals surface area contributed by atoms with E-state index < -0.39 is 10.3 Å². The van der Waals surface area contributed by atoms with Crippen molar-refractivity contribution in [1.29, 1.82) is 0 Å². The summed E-state index contributed by atoms with van der Waals surface area (Å²) in [7, 11) is -4.26. The first-order valence-corrected chi connectivity index (χ1v) is 4.84. The van der Waals surface area contributed by atoms with Crippen molar-refractivity contribution in [3.05, 3.63) is 30.7 Å². The van der Waals surface area contributed by atoms with Gasteiger partial charge in [0.05, 0.1) is 0 Å². The van der Waals surface area contributed by atoms with Crippen molar-refractivity contribution in [1.82, 2.24) is 0 Å². The average Bonchev–Trinajstić information content (AvgIpc) is 2.45. The third-order valence-electron chi connectivity index (χ3n) is 1.63. The molecule has 5 nitrogen and oxygen atoms in total. The molecule has 0 aliphatic carbocycles. The van der Waals surface area contributed by atoms with E-state index in [1.807, 2.05) is 0 Å². The molecule has 0 spiro atoms. The van der Waals surface area contributed by atoms with Gasteiger partial charge in [0.15, 0.2) is 0 Å². The summed E-state index contributed by atoms with van der Waals surface area (Å²) in [6.45, 7) is 0. The van der Waals surface area contributed by atoms with Crippen LogP contribution in [0.15, 0.2) is 35.1 Å². The zero-order chi connectivity index (χ0) is 9.47. The number of aromatic nitrogens is 1. The molecule has 1 N–H and O–H groups in total. The second kappa shape index (κ2) is 2.54. The molecule has 0 saturated carbocycles. The van der Waals surface area contributed by atoms with Crippen LogP contribution in [-0.4, -0.2) is 13.0 Å². The van der Waals surface area contributed by atoms with E-state index in [4.69, 9.17) is 8.97 Å². The third kappa shape index (κ3) is 1.30. The molecule has 0 radical (unpaired) electrons. The number of hydrogen-bond donors (Lipinski definition) is 1. The largest absolute Gasteiger partial charge is 0.514 e. The highest BCUT2D eigenvalue weighted by Gasteiger charge is 2.24. The molecule has 68 valence electrons. The Morgan fingerprint density at radius 1 is 1.31 bits per heavy atom. The third-order valence-corrected chi connectivity index (χ3v) is 2.41. The fraction of sp³-hybridized carbons (Fsp3) is 0. The molecule has 0 atom stereocenters. The molecule has 0 fully saturated rings. The van der Waals surface area contributed by atoms with Crippen LogP contribution in [0, 0.1) is 0 Å². The number of nitrogens with zero attached hydrogens (tertiary/aromatic N) is 1. The van der Waals surface area contributed by atoms with Crippen LogP contribution < -0.4 is 3.97 Å². The van der Waals surface area contributed by atoms with E-state index in [1.54, 1.807) is 18.2 Å². The smallest absolute Gasteiger partial charge is 0.403 e. The molecule has 0 aliphatic heterocycles. The van der Waals surface area contributed by atoms with Gasteiger partial charge in [0, 0.05) is 6.07 Å². The van der Waals surface area contributed by atoms with Crippen molar-refractivity contribution in [2.75, 3.05) is 0 Å². The van der Waals surface area contributed by atoms with Gasteiger partial charge >= 0.3 is 16.7 Å². The first-order valence-electron chi connectivity index (χ1n) is 3.45. The Balaban J connectivity index is 2.87. The van der Waals surface area contributed by atoms with Gasteiger partial charge in [0.1, 0.15) is 0 Å². The van der Waals surface area contributed by atoms with E-state index in [9.17, 15) is 8.42 Å². The molecule has 1 aromatic heterocycles. The van der Waals surface area contributed by atoms with Crippen molar-refractivity contribution in [3.63, 3.8) is 0 Å². The van der Waals surface area contributed by atoms with Crippen LogP contribution >= 0.6 is 0 Å². The molecular formula is C7H6NO4S+. The standard InChI is InChI=1S/C7H5NO4S/c9-13(10,11)8-5-12-7-4-2-1-3-6(7)8/h1-5H/p+1. The molecule has 2 aromatic rings. The summed E-state index contributed by atoms with van der Waals surface area (Å²) < 4.78 is 35.9. The lowest BCUT2D eigenvalue weighted by molar-refractivity contribution is -0.496. The van der Waals surface area contributed by atoms with Crippen molar-refractivity contribution in [3.8, 4) is 0 Å². The summed E-state index contributed by atoms with van der Waals surface area (Å²) in [4.78, 5) is 0. The van der Waals surface area contributed by atoms with Crippen LogP contribution in [0.1, 0.15) is 0 Å². The topological polar surface area (TPSA) is 71.4 Å². The minimum absolute atomic E-state index is 0.310. The van der Waals surface area contributed by atoms with Gasteiger partial charge in [-0.3, -0.25) is 0 Å². The Morgan fingerprint density at radius 3 is 2.69 bits per heavy atom. The van der Waals surface area contributed by atoms with Gasteiger partial charge in [-0.05, 0) is 10.0 Å². The number of fused-ring (bicyclic) bond motifs is 1. The lowest BCUT2D eigenvalue weighted by Gasteiger charge is -1.83. The summed E-state index contributed by atoms with van der Waals surface area (Å²) in [5.41, 5.74) is 0.713. The van der Waals surface area contributed by atoms with Crippen LogP contribution in [0.4, 0.5) is 0 Å². The second-order valence-corrected chi connectivity index (χ2v) is 3.75. The van der Waals surface area contributed by atoms with Crippen LogP contribution in [0.25, 0.3) is 11.1 Å². The summed E-state index contributed by atoms with van der Waals surface area (Å²) in [5.74, 6) is 0. The van der Waals surface area contributed by atoms with Crippen LogP contribution in [0.5, 0.6) is 0 Å². The minimum atomic E-state index is -4.26. The van der Waals surface area contributed by atoms with Gasteiger partial charge in [0.25, 0.3) is 5.52 Å². The quantitative estimate of drug-likeness (QED) is 0.533. The lowest BCUT2D eigenvalue weighted by atomic mass is 10.3. The average molecular weight is 200 g/mol. The first-order chi connectivity index (χ1) is 6.09. The van der Waals surface area contributed by atoms with Crippen molar-refractivity contribution >= 4 is 21.4 Å². The van der Waals surface area contributed by atoms with E-state index in [0.717, 1.165) is 6.39 Å². The number of hydrogen-bond acceptors (Lipinski definition) is 3. The molecule has 13 heavy (non-hydrogen) atoms. The predicted molar refractivity (Wildman–Crippen MR) is 43.4 cm³/mol. The van der Waals surface area contributed by atoms with E-state index in [2.05, 4.69) is 0 Å². The molecule has 0 aliphatic rings. The summed E-state index contributed by atoms with van der Waals surface area (Å²) >= 11 is 0. The van der Waals surface area contributed by atoms with Crippen molar-refractivity contribution in [2.45, 2.75) is 0 Å². The van der Waals surface area contributed by atoms with Gasteiger partial charge in [-0.2, -0.15) is 0 Å². The fourth-order valence-electron chi connectivity index (χ4n) is 1.08. The van der Waals surface area contributed by atoms with Gasteiger partial charge in [-0.15, -0.1) is 8.42 Å². The maximum Gasteiger partial charge on any atom is 0.514 e. The zero-order valence-corrected chi connectivity index (χ0v) is 7.23. The zero-order valence-electron chi connectivity index (χ0n) is 6.41. The van der Waals surface area contributed by atoms with E-state index in [-0.39, 0.29) is 0 Å². The Labute approximate surface area is 74.1 Å². The highest BCUT2D eigenvalue weighted by Crippen LogP contribution is 2.09. The Kier molecular flexibility index (Phi) is 1.61. The van der Waals surface area contributed by atoms with Gasteiger partial charge in [-0.25, -0.2) is 4.55 Å². The highest BCUT2D eigenvalue weighted by molar-refractivity contribution is 7.79.